The van der Waals surface area contributed by atoms with Gasteiger partial charge in [-0.2, -0.15) is 0 Å². The van der Waals surface area contributed by atoms with E-state index in [9.17, 15) is 4.79 Å². The Morgan fingerprint density at radius 2 is 1.76 bits per heavy atom. The van der Waals surface area contributed by atoms with Crippen LogP contribution >= 0.6 is 0 Å². The van der Waals surface area contributed by atoms with E-state index in [0.717, 1.165) is 43.0 Å². The molecule has 0 N–H and O–H groups in total. The summed E-state index contributed by atoms with van der Waals surface area (Å²) < 4.78 is 17.9. The van der Waals surface area contributed by atoms with Crippen LogP contribution in [0, 0.1) is 5.41 Å². The molecule has 4 rings (SSSR count). The van der Waals surface area contributed by atoms with Crippen LogP contribution in [0.25, 0.3) is 0 Å². The second kappa shape index (κ2) is 9.99. The van der Waals surface area contributed by atoms with Gasteiger partial charge < -0.3 is 14.2 Å². The first-order valence-electron chi connectivity index (χ1n) is 12.5. The molecule has 2 fully saturated rings. The van der Waals surface area contributed by atoms with E-state index in [1.54, 1.807) is 7.11 Å². The molecule has 5 heteroatoms. The van der Waals surface area contributed by atoms with Crippen LogP contribution in [0.5, 0.6) is 11.5 Å². The maximum Gasteiger partial charge on any atom is 0.314 e. The summed E-state index contributed by atoms with van der Waals surface area (Å²) >= 11 is 0. The van der Waals surface area contributed by atoms with Gasteiger partial charge in [0.05, 0.1) is 18.6 Å². The van der Waals surface area contributed by atoms with Gasteiger partial charge in [-0.25, -0.2) is 0 Å². The van der Waals surface area contributed by atoms with E-state index < -0.39 is 11.0 Å². The summed E-state index contributed by atoms with van der Waals surface area (Å²) in [5.41, 5.74) is 1.14. The van der Waals surface area contributed by atoms with Gasteiger partial charge in [-0.15, -0.1) is 0 Å². The van der Waals surface area contributed by atoms with Crippen LogP contribution in [0.3, 0.4) is 0 Å². The lowest BCUT2D eigenvalue weighted by molar-refractivity contribution is -0.166. The number of rotatable bonds is 7. The number of benzene rings is 2. The lowest BCUT2D eigenvalue weighted by Crippen LogP contribution is -2.40. The number of carbonyl (C=O) groups is 1. The number of carbonyl (C=O) groups excluding carboxylic acids is 1. The van der Waals surface area contributed by atoms with Gasteiger partial charge in [0.15, 0.2) is 11.5 Å². The molecule has 184 valence electrons. The van der Waals surface area contributed by atoms with Crippen molar-refractivity contribution >= 4 is 5.97 Å². The number of nitrogens with zero attached hydrogens (tertiary/aromatic N) is 1. The molecule has 2 aromatic carbocycles. The average Bonchev–Trinajstić information content (AvgIpc) is 3.41. The van der Waals surface area contributed by atoms with Crippen molar-refractivity contribution in [2.24, 2.45) is 5.41 Å². The molecular formula is C29H39NO4. The Labute approximate surface area is 204 Å². The van der Waals surface area contributed by atoms with Gasteiger partial charge in [0.1, 0.15) is 5.60 Å². The minimum Gasteiger partial charge on any atom is -0.493 e. The predicted molar refractivity (Wildman–Crippen MR) is 134 cm³/mol. The van der Waals surface area contributed by atoms with Crippen molar-refractivity contribution < 1.29 is 19.0 Å². The quantitative estimate of drug-likeness (QED) is 0.472. The van der Waals surface area contributed by atoms with E-state index in [0.29, 0.717) is 6.54 Å². The molecule has 1 saturated carbocycles. The number of hydrogen-bond donors (Lipinski definition) is 0. The van der Waals surface area contributed by atoms with Crippen LogP contribution in [-0.4, -0.2) is 42.8 Å². The van der Waals surface area contributed by atoms with E-state index in [1.165, 1.54) is 18.4 Å². The lowest BCUT2D eigenvalue weighted by atomic mass is 9.76. The van der Waals surface area contributed by atoms with Gasteiger partial charge in [0.25, 0.3) is 0 Å². The molecule has 0 aromatic heterocycles. The molecule has 1 heterocycles. The highest BCUT2D eigenvalue weighted by molar-refractivity contribution is 5.79. The molecule has 34 heavy (non-hydrogen) atoms. The van der Waals surface area contributed by atoms with Crippen molar-refractivity contribution in [3.63, 3.8) is 0 Å². The van der Waals surface area contributed by atoms with Gasteiger partial charge in [0, 0.05) is 25.6 Å². The van der Waals surface area contributed by atoms with E-state index in [2.05, 4.69) is 48.2 Å². The van der Waals surface area contributed by atoms with Crippen molar-refractivity contribution in [2.75, 3.05) is 20.2 Å². The summed E-state index contributed by atoms with van der Waals surface area (Å²) in [7, 11) is 1.68. The zero-order chi connectivity index (χ0) is 24.3. The molecule has 1 aliphatic carbocycles. The van der Waals surface area contributed by atoms with Gasteiger partial charge in [-0.1, -0.05) is 36.4 Å². The minimum absolute atomic E-state index is 0.0112. The first kappa shape index (κ1) is 24.6. The molecule has 0 bridgehead atoms. The molecular weight excluding hydrogens is 426 g/mol. The van der Waals surface area contributed by atoms with Crippen LogP contribution in [0.4, 0.5) is 0 Å². The lowest BCUT2D eigenvalue weighted by Gasteiger charge is -2.32. The van der Waals surface area contributed by atoms with E-state index in [1.807, 2.05) is 32.9 Å². The number of esters is 1. The van der Waals surface area contributed by atoms with Gasteiger partial charge in [0.2, 0.25) is 0 Å². The van der Waals surface area contributed by atoms with Crippen molar-refractivity contribution in [1.29, 1.82) is 0 Å². The summed E-state index contributed by atoms with van der Waals surface area (Å²) in [6, 6.07) is 16.6. The highest BCUT2D eigenvalue weighted by Gasteiger charge is 2.51. The standard InChI is InChI=1S/C29H39NO4/c1-28(2,3)34-27(31)29(4)20-30(18-21-11-7-6-8-12-21)19-24(29)22-15-16-25(32-5)26(17-22)33-23-13-9-10-14-23/h6-8,11-12,15-17,23-24H,9-10,13-14,18-20H2,1-5H3. The third kappa shape index (κ3) is 5.57. The summed E-state index contributed by atoms with van der Waals surface area (Å²) in [6.07, 6.45) is 4.81. The number of ether oxygens (including phenoxy) is 3. The SMILES string of the molecule is COc1ccc(C2CN(Cc3ccccc3)CC2(C)C(=O)OC(C)(C)C)cc1OC1CCCC1. The monoisotopic (exact) mass is 465 g/mol. The fourth-order valence-electron chi connectivity index (χ4n) is 5.32. The molecule has 5 nitrogen and oxygen atoms in total. The fourth-order valence-corrected chi connectivity index (χ4v) is 5.32. The fraction of sp³-hybridized carbons (Fsp3) is 0.552. The molecule has 2 aliphatic rings. The van der Waals surface area contributed by atoms with Crippen LogP contribution in [0.1, 0.15) is 70.4 Å². The van der Waals surface area contributed by atoms with E-state index in [4.69, 9.17) is 14.2 Å². The Balaban J connectivity index is 1.65. The Hall–Kier alpha value is -2.53. The van der Waals surface area contributed by atoms with Crippen LogP contribution in [0.15, 0.2) is 48.5 Å². The number of methoxy groups -OCH3 is 1. The van der Waals surface area contributed by atoms with Gasteiger partial charge in [-0.05, 0) is 76.6 Å². The first-order chi connectivity index (χ1) is 16.2. The van der Waals surface area contributed by atoms with E-state index in [-0.39, 0.29) is 18.0 Å². The molecule has 0 spiro atoms. The summed E-state index contributed by atoms with van der Waals surface area (Å²) in [5.74, 6) is 1.37. The van der Waals surface area contributed by atoms with Gasteiger partial charge >= 0.3 is 5.97 Å². The van der Waals surface area contributed by atoms with Crippen LogP contribution in [-0.2, 0) is 16.1 Å². The number of likely N-dealkylation sites (tertiary alicyclic amines) is 1. The minimum atomic E-state index is -0.665. The topological polar surface area (TPSA) is 48.0 Å². The average molecular weight is 466 g/mol. The third-order valence-corrected chi connectivity index (χ3v) is 7.06. The van der Waals surface area contributed by atoms with Gasteiger partial charge in [-0.3, -0.25) is 9.69 Å². The molecule has 1 saturated heterocycles. The molecule has 1 aliphatic heterocycles. The van der Waals surface area contributed by atoms with Crippen LogP contribution in [0.2, 0.25) is 0 Å². The molecule has 2 aromatic rings. The second-order valence-corrected chi connectivity index (χ2v) is 11.1. The van der Waals surface area contributed by atoms with Crippen LogP contribution < -0.4 is 9.47 Å². The van der Waals surface area contributed by atoms with Crippen molar-refractivity contribution in [2.45, 2.75) is 77.5 Å². The Kier molecular flexibility index (Phi) is 7.22. The second-order valence-electron chi connectivity index (χ2n) is 11.1. The maximum atomic E-state index is 13.5. The summed E-state index contributed by atoms with van der Waals surface area (Å²) in [6.45, 7) is 10.1. The molecule has 0 radical (unpaired) electrons. The zero-order valence-corrected chi connectivity index (χ0v) is 21.3. The largest absolute Gasteiger partial charge is 0.493 e. The Bertz CT molecular complexity index is 977. The van der Waals surface area contributed by atoms with Crippen molar-refractivity contribution in [3.05, 3.63) is 59.7 Å². The summed E-state index contributed by atoms with van der Waals surface area (Å²) in [4.78, 5) is 15.9. The smallest absolute Gasteiger partial charge is 0.314 e. The van der Waals surface area contributed by atoms with Crippen molar-refractivity contribution in [3.8, 4) is 11.5 Å². The normalized spacial score (nSPS) is 23.7. The van der Waals surface area contributed by atoms with Crippen molar-refractivity contribution in [1.82, 2.24) is 4.90 Å². The molecule has 2 unspecified atom stereocenters. The number of hydrogen-bond acceptors (Lipinski definition) is 5. The Morgan fingerprint density at radius 1 is 1.06 bits per heavy atom. The summed E-state index contributed by atoms with van der Waals surface area (Å²) in [5, 5.41) is 0. The zero-order valence-electron chi connectivity index (χ0n) is 21.3. The maximum absolute atomic E-state index is 13.5. The molecule has 0 amide bonds. The van der Waals surface area contributed by atoms with E-state index >= 15 is 0 Å². The Morgan fingerprint density at radius 3 is 2.41 bits per heavy atom. The highest BCUT2D eigenvalue weighted by atomic mass is 16.6. The molecule has 2 atom stereocenters. The first-order valence-corrected chi connectivity index (χ1v) is 12.5. The third-order valence-electron chi connectivity index (χ3n) is 7.06. The predicted octanol–water partition coefficient (Wildman–Crippen LogP) is 5.96. The highest BCUT2D eigenvalue weighted by Crippen LogP contribution is 2.47.